The van der Waals surface area contributed by atoms with E-state index in [1.54, 1.807) is 5.57 Å². The second kappa shape index (κ2) is 15.2. The molecule has 7 heteroatoms. The van der Waals surface area contributed by atoms with Gasteiger partial charge in [-0.1, -0.05) is 65.5 Å². The maximum Gasteiger partial charge on any atom is 1.00 e. The molecule has 0 aromatic rings. The summed E-state index contributed by atoms with van der Waals surface area (Å²) in [6.45, 7) is 12.6. The van der Waals surface area contributed by atoms with Gasteiger partial charge in [0.15, 0.2) is 0 Å². The maximum atomic E-state index is 10.2. The SMILES string of the molecule is CC(C)CCCC(C)[C@H]1CC[C@H]2[C@@H]3CC=C4C[C@@H](O)CC[C@]4(C)[C@H]3CC[C@]12C.O=C([O-])CCC(=O)[O-].[Li+].[Li+]. The first-order valence-electron chi connectivity index (χ1n) is 14.7. The van der Waals surface area contributed by atoms with Crippen LogP contribution in [0.1, 0.15) is 118 Å². The summed E-state index contributed by atoms with van der Waals surface area (Å²) in [4.78, 5) is 19.0. The first-order valence-corrected chi connectivity index (χ1v) is 14.7. The predicted molar refractivity (Wildman–Crippen MR) is 138 cm³/mol. The van der Waals surface area contributed by atoms with Crippen molar-refractivity contribution in [3.05, 3.63) is 11.6 Å². The minimum Gasteiger partial charge on any atom is -0.550 e. The Morgan fingerprint density at radius 3 is 2.16 bits per heavy atom. The molecular weight excluding hydrogens is 466 g/mol. The van der Waals surface area contributed by atoms with Crippen LogP contribution in [0.3, 0.4) is 0 Å². The largest absolute Gasteiger partial charge is 1.00 e. The quantitative estimate of drug-likeness (QED) is 0.318. The van der Waals surface area contributed by atoms with E-state index in [2.05, 4.69) is 40.7 Å². The number of carbonyl (C=O) groups is 2. The molecule has 4 aliphatic carbocycles. The Kier molecular flexibility index (Phi) is 14.3. The van der Waals surface area contributed by atoms with Gasteiger partial charge in [-0.25, -0.2) is 0 Å². The molecule has 4 rings (SSSR count). The Labute approximate surface area is 255 Å². The molecule has 0 aromatic heterocycles. The molecule has 0 aromatic carbocycles. The van der Waals surface area contributed by atoms with Crippen LogP contribution >= 0.6 is 0 Å². The first-order chi connectivity index (χ1) is 16.9. The maximum absolute atomic E-state index is 10.2. The molecule has 0 bridgehead atoms. The summed E-state index contributed by atoms with van der Waals surface area (Å²) in [6, 6.07) is 0. The zero-order chi connectivity index (χ0) is 26.7. The van der Waals surface area contributed by atoms with Crippen molar-refractivity contribution in [1.29, 1.82) is 0 Å². The minimum atomic E-state index is -1.37. The molecule has 1 N–H and O–H groups in total. The summed E-state index contributed by atoms with van der Waals surface area (Å²) in [6.07, 6.45) is 16.2. The number of allylic oxidation sites excluding steroid dienone is 1. The van der Waals surface area contributed by atoms with Gasteiger partial charge in [0, 0.05) is 11.9 Å². The predicted octanol–water partition coefficient (Wildman–Crippen LogP) is -1.34. The van der Waals surface area contributed by atoms with Gasteiger partial charge in [-0.15, -0.1) is 0 Å². The third-order valence-electron chi connectivity index (χ3n) is 10.8. The molecule has 0 saturated heterocycles. The van der Waals surface area contributed by atoms with Crippen LogP contribution in [0.15, 0.2) is 11.6 Å². The van der Waals surface area contributed by atoms with Crippen molar-refractivity contribution in [3.63, 3.8) is 0 Å². The summed E-state index contributed by atoms with van der Waals surface area (Å²) in [5.41, 5.74) is 2.60. The van der Waals surface area contributed by atoms with Crippen molar-refractivity contribution in [2.45, 2.75) is 124 Å². The zero-order valence-corrected chi connectivity index (χ0v) is 25.4. The van der Waals surface area contributed by atoms with Gasteiger partial charge < -0.3 is 24.9 Å². The average Bonchev–Trinajstić information content (AvgIpc) is 3.15. The molecule has 3 fully saturated rings. The summed E-state index contributed by atoms with van der Waals surface area (Å²) < 4.78 is 0. The van der Waals surface area contributed by atoms with Crippen LogP contribution in [-0.4, -0.2) is 23.1 Å². The van der Waals surface area contributed by atoms with Crippen LogP contribution in [0.2, 0.25) is 0 Å². The smallest absolute Gasteiger partial charge is 0.550 e. The number of hydrogen-bond donors (Lipinski definition) is 1. The zero-order valence-electron chi connectivity index (χ0n) is 25.4. The Morgan fingerprint density at radius 1 is 0.947 bits per heavy atom. The number of carbonyl (C=O) groups excluding carboxylic acids is 2. The molecule has 0 spiro atoms. The van der Waals surface area contributed by atoms with E-state index < -0.39 is 24.8 Å². The number of aliphatic hydroxyl groups excluding tert-OH is 1. The van der Waals surface area contributed by atoms with E-state index in [1.807, 2.05) is 0 Å². The molecule has 1 unspecified atom stereocenters. The molecule has 4 aliphatic rings. The Hall–Kier alpha value is -0.165. The molecule has 0 amide bonds. The normalized spacial score (nSPS) is 36.1. The van der Waals surface area contributed by atoms with Crippen LogP contribution in [0.5, 0.6) is 0 Å². The Bertz CT molecular complexity index is 800. The topological polar surface area (TPSA) is 100 Å². The number of hydrogen-bond acceptors (Lipinski definition) is 5. The molecule has 0 heterocycles. The van der Waals surface area contributed by atoms with Gasteiger partial charge in [0.25, 0.3) is 0 Å². The number of carboxylic acids is 2. The molecule has 206 valence electrons. The number of rotatable bonds is 8. The van der Waals surface area contributed by atoms with Crippen molar-refractivity contribution in [2.75, 3.05) is 0 Å². The molecule has 0 radical (unpaired) electrons. The Morgan fingerprint density at radius 2 is 1.58 bits per heavy atom. The van der Waals surface area contributed by atoms with E-state index in [0.29, 0.717) is 10.8 Å². The first kappa shape index (κ1) is 35.9. The van der Waals surface area contributed by atoms with Gasteiger partial charge in [-0.3, -0.25) is 0 Å². The van der Waals surface area contributed by atoms with Crippen molar-refractivity contribution in [1.82, 2.24) is 0 Å². The molecular formula is C31H50Li2O5. The summed E-state index contributed by atoms with van der Waals surface area (Å²) in [5, 5.41) is 29.2. The summed E-state index contributed by atoms with van der Waals surface area (Å²) in [7, 11) is 0. The summed E-state index contributed by atoms with van der Waals surface area (Å²) >= 11 is 0. The van der Waals surface area contributed by atoms with E-state index in [4.69, 9.17) is 0 Å². The van der Waals surface area contributed by atoms with Gasteiger partial charge in [0.05, 0.1) is 6.10 Å². The second-order valence-corrected chi connectivity index (χ2v) is 13.4. The van der Waals surface area contributed by atoms with E-state index in [0.717, 1.165) is 48.3 Å². The van der Waals surface area contributed by atoms with Crippen LogP contribution in [-0.2, 0) is 9.59 Å². The van der Waals surface area contributed by atoms with E-state index in [9.17, 15) is 24.9 Å². The van der Waals surface area contributed by atoms with Crippen LogP contribution in [0.4, 0.5) is 0 Å². The van der Waals surface area contributed by atoms with Crippen molar-refractivity contribution < 1.29 is 62.6 Å². The molecule has 3 saturated carbocycles. The molecule has 38 heavy (non-hydrogen) atoms. The third kappa shape index (κ3) is 8.20. The fourth-order valence-corrected chi connectivity index (χ4v) is 8.87. The van der Waals surface area contributed by atoms with E-state index in [-0.39, 0.29) is 43.8 Å². The standard InChI is InChI=1S/C27H46O.C4H6O4.2Li/c1-18(2)7-6-8-19(3)23-11-12-24-22-10-9-20-17-21(28)13-15-26(20,4)25(22)14-16-27(23,24)5;5-3(6)1-2-4(7)8;;/h9,18-19,21-25,28H,6-8,10-17H2,1-5H3;1-2H2,(H,5,6)(H,7,8);;/q;;2*+1/p-2/t19?,21-,22-,23+,24-,25-,26-,27+;;;/m0.../s1. The van der Waals surface area contributed by atoms with Crippen LogP contribution in [0, 0.1) is 46.3 Å². The Balaban J connectivity index is 0.000000633. The van der Waals surface area contributed by atoms with Crippen molar-refractivity contribution in [2.24, 2.45) is 46.3 Å². The number of fused-ring (bicyclic) bond motifs is 5. The van der Waals surface area contributed by atoms with Gasteiger partial charge in [-0.2, -0.15) is 0 Å². The van der Waals surface area contributed by atoms with Crippen molar-refractivity contribution in [3.8, 4) is 0 Å². The average molecular weight is 517 g/mol. The fraction of sp³-hybridized carbons (Fsp3) is 0.871. The number of aliphatic carboxylic acids is 2. The monoisotopic (exact) mass is 516 g/mol. The van der Waals surface area contributed by atoms with Crippen molar-refractivity contribution >= 4 is 11.9 Å². The number of aliphatic hydroxyl groups is 1. The molecule has 0 aliphatic heterocycles. The molecule has 5 nitrogen and oxygen atoms in total. The van der Waals surface area contributed by atoms with E-state index >= 15 is 0 Å². The van der Waals surface area contributed by atoms with Gasteiger partial charge in [-0.05, 0) is 111 Å². The van der Waals surface area contributed by atoms with E-state index in [1.165, 1.54) is 57.8 Å². The fourth-order valence-electron chi connectivity index (χ4n) is 8.87. The molecule has 8 atom stereocenters. The van der Waals surface area contributed by atoms with Gasteiger partial charge in [0.2, 0.25) is 0 Å². The minimum absolute atomic E-state index is 0. The third-order valence-corrected chi connectivity index (χ3v) is 10.8. The van der Waals surface area contributed by atoms with Crippen LogP contribution in [0.25, 0.3) is 0 Å². The van der Waals surface area contributed by atoms with Gasteiger partial charge in [0.1, 0.15) is 0 Å². The second-order valence-electron chi connectivity index (χ2n) is 13.4. The number of carboxylic acid groups (broad SMARTS) is 2. The van der Waals surface area contributed by atoms with Gasteiger partial charge >= 0.3 is 37.7 Å². The van der Waals surface area contributed by atoms with Crippen LogP contribution < -0.4 is 47.9 Å². The summed E-state index contributed by atoms with van der Waals surface area (Å²) in [5.74, 6) is 2.72.